The number of hydrogen-bond acceptors (Lipinski definition) is 4. The molecular formula is C18H38IN5O. The van der Waals surface area contributed by atoms with Crippen molar-refractivity contribution in [1.82, 2.24) is 20.0 Å². The first-order chi connectivity index (χ1) is 11.5. The van der Waals surface area contributed by atoms with E-state index in [0.717, 1.165) is 51.9 Å². The number of morpholine rings is 1. The number of likely N-dealkylation sites (N-methyl/N-ethyl adjacent to an activating group) is 1. The summed E-state index contributed by atoms with van der Waals surface area (Å²) in [5.74, 6) is 1.76. The van der Waals surface area contributed by atoms with E-state index in [0.29, 0.717) is 18.0 Å². The lowest BCUT2D eigenvalue weighted by molar-refractivity contribution is 0.0194. The van der Waals surface area contributed by atoms with Crippen molar-refractivity contribution in [1.29, 1.82) is 0 Å². The highest BCUT2D eigenvalue weighted by Crippen LogP contribution is 2.17. The van der Waals surface area contributed by atoms with Crippen molar-refractivity contribution in [2.45, 2.75) is 38.8 Å². The van der Waals surface area contributed by atoms with Crippen molar-refractivity contribution in [3.63, 3.8) is 0 Å². The number of ether oxygens (including phenoxy) is 1. The summed E-state index contributed by atoms with van der Waals surface area (Å²) in [6.45, 7) is 11.6. The zero-order valence-corrected chi connectivity index (χ0v) is 19.0. The van der Waals surface area contributed by atoms with Gasteiger partial charge < -0.3 is 19.9 Å². The predicted molar refractivity (Wildman–Crippen MR) is 116 cm³/mol. The minimum absolute atomic E-state index is 0. The Balaban J connectivity index is 0.00000312. The summed E-state index contributed by atoms with van der Waals surface area (Å²) < 4.78 is 5.48. The lowest BCUT2D eigenvalue weighted by Gasteiger charge is -2.32. The molecule has 0 aromatic rings. The lowest BCUT2D eigenvalue weighted by atomic mass is 10.0. The van der Waals surface area contributed by atoms with Gasteiger partial charge in [-0.3, -0.25) is 9.89 Å². The van der Waals surface area contributed by atoms with Crippen LogP contribution in [0.15, 0.2) is 4.99 Å². The Hall–Kier alpha value is -0.120. The van der Waals surface area contributed by atoms with Gasteiger partial charge in [-0.2, -0.15) is 0 Å². The van der Waals surface area contributed by atoms with Gasteiger partial charge in [-0.1, -0.05) is 13.8 Å². The van der Waals surface area contributed by atoms with E-state index >= 15 is 0 Å². The SMILES string of the molecule is CN=C(NCC(CC(C)C)N(C)C)N1CCC(N2CCOCC2)C1.I. The fourth-order valence-corrected chi connectivity index (χ4v) is 3.74. The molecule has 2 heterocycles. The number of hydrogen-bond donors (Lipinski definition) is 1. The molecule has 0 saturated carbocycles. The van der Waals surface area contributed by atoms with Crippen molar-refractivity contribution in [3.8, 4) is 0 Å². The molecule has 0 spiro atoms. The van der Waals surface area contributed by atoms with E-state index in [-0.39, 0.29) is 24.0 Å². The molecule has 0 bridgehead atoms. The van der Waals surface area contributed by atoms with Gasteiger partial charge in [-0.15, -0.1) is 24.0 Å². The summed E-state index contributed by atoms with van der Waals surface area (Å²) in [5, 5.41) is 3.61. The molecule has 2 aliphatic rings. The van der Waals surface area contributed by atoms with Gasteiger partial charge in [0.2, 0.25) is 0 Å². The average Bonchev–Trinajstić information content (AvgIpc) is 3.04. The molecule has 0 aromatic carbocycles. The minimum atomic E-state index is 0. The number of likely N-dealkylation sites (tertiary alicyclic amines) is 1. The Morgan fingerprint density at radius 3 is 2.48 bits per heavy atom. The van der Waals surface area contributed by atoms with E-state index in [9.17, 15) is 0 Å². The van der Waals surface area contributed by atoms with Crippen molar-refractivity contribution >= 4 is 29.9 Å². The zero-order valence-electron chi connectivity index (χ0n) is 16.7. The maximum Gasteiger partial charge on any atom is 0.193 e. The first kappa shape index (κ1) is 22.9. The van der Waals surface area contributed by atoms with Gasteiger partial charge in [0.05, 0.1) is 13.2 Å². The molecule has 0 radical (unpaired) electrons. The number of aliphatic imine (C=N–C) groups is 1. The molecule has 2 aliphatic heterocycles. The number of nitrogens with zero attached hydrogens (tertiary/aromatic N) is 4. The van der Waals surface area contributed by atoms with Crippen LogP contribution >= 0.6 is 24.0 Å². The highest BCUT2D eigenvalue weighted by Gasteiger charge is 2.30. The Bertz CT molecular complexity index is 399. The summed E-state index contributed by atoms with van der Waals surface area (Å²) in [7, 11) is 6.24. The second-order valence-electron chi connectivity index (χ2n) is 7.71. The molecule has 2 fully saturated rings. The summed E-state index contributed by atoms with van der Waals surface area (Å²) in [5.41, 5.74) is 0. The predicted octanol–water partition coefficient (Wildman–Crippen LogP) is 1.56. The minimum Gasteiger partial charge on any atom is -0.379 e. The Labute approximate surface area is 171 Å². The molecule has 2 atom stereocenters. The third-order valence-corrected chi connectivity index (χ3v) is 5.21. The third kappa shape index (κ3) is 7.19. The maximum atomic E-state index is 5.48. The van der Waals surface area contributed by atoms with E-state index in [1.54, 1.807) is 0 Å². The molecule has 7 heteroatoms. The maximum absolute atomic E-state index is 5.48. The van der Waals surface area contributed by atoms with Crippen LogP contribution in [0.2, 0.25) is 0 Å². The Morgan fingerprint density at radius 1 is 1.24 bits per heavy atom. The number of rotatable bonds is 6. The topological polar surface area (TPSA) is 43.3 Å². The Morgan fingerprint density at radius 2 is 1.92 bits per heavy atom. The number of halogens is 1. The van der Waals surface area contributed by atoms with Gasteiger partial charge >= 0.3 is 0 Å². The van der Waals surface area contributed by atoms with E-state index in [1.165, 1.54) is 12.8 Å². The third-order valence-electron chi connectivity index (χ3n) is 5.21. The van der Waals surface area contributed by atoms with Crippen LogP contribution in [0.4, 0.5) is 0 Å². The molecule has 2 rings (SSSR count). The van der Waals surface area contributed by atoms with Crippen molar-refractivity contribution < 1.29 is 4.74 Å². The van der Waals surface area contributed by atoms with Crippen LogP contribution in [0.5, 0.6) is 0 Å². The number of nitrogens with one attached hydrogen (secondary N) is 1. The lowest BCUT2D eigenvalue weighted by Crippen LogP contribution is -2.48. The van der Waals surface area contributed by atoms with Gasteiger partial charge in [-0.25, -0.2) is 0 Å². The van der Waals surface area contributed by atoms with Gasteiger partial charge in [0.15, 0.2) is 5.96 Å². The fourth-order valence-electron chi connectivity index (χ4n) is 3.74. The van der Waals surface area contributed by atoms with Crippen LogP contribution < -0.4 is 5.32 Å². The first-order valence-corrected chi connectivity index (χ1v) is 9.45. The van der Waals surface area contributed by atoms with Crippen LogP contribution in [0.3, 0.4) is 0 Å². The largest absolute Gasteiger partial charge is 0.379 e. The molecule has 2 unspecified atom stereocenters. The molecule has 2 saturated heterocycles. The van der Waals surface area contributed by atoms with Gasteiger partial charge in [-0.05, 0) is 32.9 Å². The van der Waals surface area contributed by atoms with E-state index in [4.69, 9.17) is 4.74 Å². The highest BCUT2D eigenvalue weighted by molar-refractivity contribution is 14.0. The van der Waals surface area contributed by atoms with E-state index in [2.05, 4.69) is 53.0 Å². The van der Waals surface area contributed by atoms with Gasteiger partial charge in [0, 0.05) is 51.9 Å². The second kappa shape index (κ2) is 11.6. The molecule has 0 amide bonds. The van der Waals surface area contributed by atoms with Crippen LogP contribution in [-0.2, 0) is 4.74 Å². The van der Waals surface area contributed by atoms with Crippen molar-refractivity contribution in [2.24, 2.45) is 10.9 Å². The van der Waals surface area contributed by atoms with Crippen LogP contribution in [0.25, 0.3) is 0 Å². The summed E-state index contributed by atoms with van der Waals surface area (Å²) in [6, 6.07) is 1.19. The molecule has 25 heavy (non-hydrogen) atoms. The van der Waals surface area contributed by atoms with Gasteiger partial charge in [0.25, 0.3) is 0 Å². The molecule has 0 aliphatic carbocycles. The highest BCUT2D eigenvalue weighted by atomic mass is 127. The average molecular weight is 467 g/mol. The number of guanidine groups is 1. The molecular weight excluding hydrogens is 429 g/mol. The fraction of sp³-hybridized carbons (Fsp3) is 0.944. The molecule has 1 N–H and O–H groups in total. The molecule has 0 aromatic heterocycles. The van der Waals surface area contributed by atoms with Crippen LogP contribution in [-0.4, -0.2) is 99.8 Å². The van der Waals surface area contributed by atoms with Crippen molar-refractivity contribution in [3.05, 3.63) is 0 Å². The van der Waals surface area contributed by atoms with E-state index in [1.807, 2.05) is 7.05 Å². The first-order valence-electron chi connectivity index (χ1n) is 9.45. The van der Waals surface area contributed by atoms with Crippen LogP contribution in [0, 0.1) is 5.92 Å². The second-order valence-corrected chi connectivity index (χ2v) is 7.71. The quantitative estimate of drug-likeness (QED) is 0.365. The van der Waals surface area contributed by atoms with Crippen molar-refractivity contribution in [2.75, 3.05) is 67.1 Å². The standard InChI is InChI=1S/C18H37N5O.HI/c1-15(2)12-17(21(4)5)13-20-18(19-3)23-7-6-16(14-23)22-8-10-24-11-9-22;/h15-17H,6-14H2,1-5H3,(H,19,20);1H. The van der Waals surface area contributed by atoms with E-state index < -0.39 is 0 Å². The van der Waals surface area contributed by atoms with Crippen LogP contribution in [0.1, 0.15) is 26.7 Å². The zero-order chi connectivity index (χ0) is 17.5. The summed E-state index contributed by atoms with van der Waals surface area (Å²) >= 11 is 0. The normalized spacial score (nSPS) is 23.9. The monoisotopic (exact) mass is 467 g/mol. The summed E-state index contributed by atoms with van der Waals surface area (Å²) in [6.07, 6.45) is 2.43. The molecule has 148 valence electrons. The summed E-state index contributed by atoms with van der Waals surface area (Å²) in [4.78, 5) is 11.9. The van der Waals surface area contributed by atoms with Gasteiger partial charge in [0.1, 0.15) is 0 Å². The Kier molecular flexibility index (Phi) is 10.6. The smallest absolute Gasteiger partial charge is 0.193 e. The molecule has 6 nitrogen and oxygen atoms in total.